The number of nitrogens with zero attached hydrogens (tertiary/aromatic N) is 2. The van der Waals surface area contributed by atoms with Crippen molar-refractivity contribution in [1.29, 1.82) is 0 Å². The summed E-state index contributed by atoms with van der Waals surface area (Å²) in [6.07, 6.45) is 1.41. The van der Waals surface area contributed by atoms with Crippen molar-refractivity contribution in [3.05, 3.63) is 42.2 Å². The molecule has 84 valence electrons. The first-order chi connectivity index (χ1) is 7.48. The Labute approximate surface area is 97.9 Å². The van der Waals surface area contributed by atoms with Crippen molar-refractivity contribution in [2.75, 3.05) is 0 Å². The van der Waals surface area contributed by atoms with Crippen LogP contribution < -0.4 is 0 Å². The topological polar surface area (TPSA) is 52.0 Å². The van der Waals surface area contributed by atoms with Gasteiger partial charge in [-0.1, -0.05) is 18.2 Å². The summed E-state index contributed by atoms with van der Waals surface area (Å²) in [7, 11) is 1.55. The highest BCUT2D eigenvalue weighted by atomic mass is 35.7. The van der Waals surface area contributed by atoms with E-state index in [2.05, 4.69) is 5.10 Å². The fourth-order valence-electron chi connectivity index (χ4n) is 1.40. The quantitative estimate of drug-likeness (QED) is 0.774. The van der Waals surface area contributed by atoms with Crippen molar-refractivity contribution in [2.45, 2.75) is 11.8 Å². The first-order valence-electron chi connectivity index (χ1n) is 4.55. The zero-order valence-corrected chi connectivity index (χ0v) is 10.0. The van der Waals surface area contributed by atoms with Gasteiger partial charge >= 0.3 is 0 Å². The van der Waals surface area contributed by atoms with Crippen LogP contribution in [-0.2, 0) is 9.05 Å². The summed E-state index contributed by atoms with van der Waals surface area (Å²) < 4.78 is 23.9. The lowest BCUT2D eigenvalue weighted by atomic mass is 10.3. The van der Waals surface area contributed by atoms with Gasteiger partial charge in [0, 0.05) is 10.7 Å². The predicted octanol–water partition coefficient (Wildman–Crippen LogP) is 2.11. The van der Waals surface area contributed by atoms with Crippen LogP contribution >= 0.6 is 10.7 Å². The molecule has 0 spiro atoms. The maximum atomic E-state index is 11.2. The Morgan fingerprint density at radius 3 is 2.38 bits per heavy atom. The second kappa shape index (κ2) is 3.92. The highest BCUT2D eigenvalue weighted by Crippen LogP contribution is 2.19. The Bertz CT molecular complexity index is 605. The van der Waals surface area contributed by atoms with E-state index in [0.717, 1.165) is 5.69 Å². The third-order valence-corrected chi connectivity index (χ3v) is 3.56. The van der Waals surface area contributed by atoms with Crippen LogP contribution in [0.15, 0.2) is 41.4 Å². The molecule has 0 radical (unpaired) electrons. The van der Waals surface area contributed by atoms with Gasteiger partial charge in [0.1, 0.15) is 4.90 Å². The molecule has 0 N–H and O–H groups in total. The molecule has 2 aromatic rings. The fraction of sp³-hybridized carbons (Fsp3) is 0.100. The third-order valence-electron chi connectivity index (χ3n) is 2.14. The van der Waals surface area contributed by atoms with Crippen LogP contribution in [0.5, 0.6) is 0 Å². The summed E-state index contributed by atoms with van der Waals surface area (Å²) in [5.41, 5.74) is 1.18. The van der Waals surface area contributed by atoms with Gasteiger partial charge in [-0.3, -0.25) is 0 Å². The lowest BCUT2D eigenvalue weighted by Gasteiger charge is -1.98. The number of rotatable bonds is 2. The molecular formula is C10H9ClN2O2S. The highest BCUT2D eigenvalue weighted by molar-refractivity contribution is 8.13. The van der Waals surface area contributed by atoms with Gasteiger partial charge in [-0.25, -0.2) is 13.1 Å². The van der Waals surface area contributed by atoms with Crippen LogP contribution in [0.3, 0.4) is 0 Å². The lowest BCUT2D eigenvalue weighted by Crippen LogP contribution is -1.93. The number of para-hydroxylation sites is 1. The molecule has 0 aliphatic heterocycles. The van der Waals surface area contributed by atoms with E-state index in [4.69, 9.17) is 10.7 Å². The minimum atomic E-state index is -3.73. The van der Waals surface area contributed by atoms with E-state index in [9.17, 15) is 8.42 Å². The Balaban J connectivity index is 2.55. The number of hydrogen-bond acceptors (Lipinski definition) is 3. The maximum absolute atomic E-state index is 11.2. The van der Waals surface area contributed by atoms with Gasteiger partial charge in [-0.05, 0) is 19.1 Å². The summed E-state index contributed by atoms with van der Waals surface area (Å²) in [5, 5.41) is 4.10. The zero-order chi connectivity index (χ0) is 11.8. The smallest absolute Gasteiger partial charge is 0.239 e. The Morgan fingerprint density at radius 2 is 1.88 bits per heavy atom. The largest absolute Gasteiger partial charge is 0.264 e. The van der Waals surface area contributed by atoms with E-state index in [1.165, 1.54) is 10.9 Å². The molecule has 0 amide bonds. The van der Waals surface area contributed by atoms with Gasteiger partial charge in [-0.15, -0.1) is 0 Å². The zero-order valence-electron chi connectivity index (χ0n) is 8.46. The molecule has 0 saturated heterocycles. The number of aryl methyl sites for hydroxylation is 1. The van der Waals surface area contributed by atoms with E-state index in [1.54, 1.807) is 6.92 Å². The van der Waals surface area contributed by atoms with Gasteiger partial charge in [0.25, 0.3) is 9.05 Å². The molecular weight excluding hydrogens is 248 g/mol. The molecule has 16 heavy (non-hydrogen) atoms. The van der Waals surface area contributed by atoms with Gasteiger partial charge in [0.2, 0.25) is 0 Å². The SMILES string of the molecule is Cc1nn(-c2ccccc2)cc1S(=O)(=O)Cl. The van der Waals surface area contributed by atoms with Crippen LogP contribution in [0.4, 0.5) is 0 Å². The number of hydrogen-bond donors (Lipinski definition) is 0. The molecule has 0 unspecified atom stereocenters. The average molecular weight is 257 g/mol. The third kappa shape index (κ3) is 2.10. The second-order valence-corrected chi connectivity index (χ2v) is 5.83. The summed E-state index contributed by atoms with van der Waals surface area (Å²) >= 11 is 0. The van der Waals surface area contributed by atoms with Gasteiger partial charge < -0.3 is 0 Å². The van der Waals surface area contributed by atoms with Gasteiger partial charge in [0.05, 0.1) is 17.6 Å². The van der Waals surface area contributed by atoms with Crippen LogP contribution in [0.2, 0.25) is 0 Å². The Morgan fingerprint density at radius 1 is 1.25 bits per heavy atom. The highest BCUT2D eigenvalue weighted by Gasteiger charge is 2.17. The second-order valence-electron chi connectivity index (χ2n) is 3.30. The Kier molecular flexibility index (Phi) is 2.73. The number of benzene rings is 1. The van der Waals surface area contributed by atoms with Crippen molar-refractivity contribution in [1.82, 2.24) is 9.78 Å². The van der Waals surface area contributed by atoms with E-state index >= 15 is 0 Å². The summed E-state index contributed by atoms with van der Waals surface area (Å²) in [6, 6.07) is 9.23. The maximum Gasteiger partial charge on any atom is 0.264 e. The first kappa shape index (κ1) is 11.2. The minimum absolute atomic E-state index is 0.0398. The minimum Gasteiger partial charge on any atom is -0.239 e. The molecule has 1 heterocycles. The van der Waals surface area contributed by atoms with E-state index in [-0.39, 0.29) is 4.90 Å². The van der Waals surface area contributed by atoms with E-state index < -0.39 is 9.05 Å². The van der Waals surface area contributed by atoms with Crippen LogP contribution in [0, 0.1) is 6.92 Å². The molecule has 1 aromatic carbocycles. The normalized spacial score (nSPS) is 11.6. The molecule has 0 atom stereocenters. The Hall–Kier alpha value is -1.33. The first-order valence-corrected chi connectivity index (χ1v) is 6.86. The fourth-order valence-corrected chi connectivity index (χ4v) is 2.47. The summed E-state index contributed by atoms with van der Waals surface area (Å²) in [6.45, 7) is 1.61. The van der Waals surface area contributed by atoms with E-state index in [0.29, 0.717) is 5.69 Å². The van der Waals surface area contributed by atoms with Gasteiger partial charge in [-0.2, -0.15) is 5.10 Å². The summed E-state index contributed by atoms with van der Waals surface area (Å²) in [5.74, 6) is 0. The number of aromatic nitrogens is 2. The van der Waals surface area contributed by atoms with Crippen LogP contribution in [0.1, 0.15) is 5.69 Å². The molecule has 1 aromatic heterocycles. The van der Waals surface area contributed by atoms with E-state index in [1.807, 2.05) is 30.3 Å². The van der Waals surface area contributed by atoms with Crippen molar-refractivity contribution in [3.63, 3.8) is 0 Å². The standard InChI is InChI=1S/C10H9ClN2O2S/c1-8-10(16(11,14)15)7-13(12-8)9-5-3-2-4-6-9/h2-7H,1H3. The van der Waals surface area contributed by atoms with Crippen LogP contribution in [-0.4, -0.2) is 18.2 Å². The summed E-state index contributed by atoms with van der Waals surface area (Å²) in [4.78, 5) is 0.0398. The van der Waals surface area contributed by atoms with Crippen molar-refractivity contribution >= 4 is 19.7 Å². The van der Waals surface area contributed by atoms with Crippen LogP contribution in [0.25, 0.3) is 5.69 Å². The molecule has 0 aliphatic carbocycles. The number of halogens is 1. The van der Waals surface area contributed by atoms with Gasteiger partial charge in [0.15, 0.2) is 0 Å². The average Bonchev–Trinajstić information content (AvgIpc) is 2.61. The molecule has 2 rings (SSSR count). The molecule has 0 saturated carbocycles. The van der Waals surface area contributed by atoms with Crippen molar-refractivity contribution < 1.29 is 8.42 Å². The lowest BCUT2D eigenvalue weighted by molar-refractivity contribution is 0.609. The monoisotopic (exact) mass is 256 g/mol. The molecule has 0 aliphatic rings. The molecule has 0 bridgehead atoms. The predicted molar refractivity (Wildman–Crippen MR) is 61.3 cm³/mol. The van der Waals surface area contributed by atoms with Crippen molar-refractivity contribution in [2.24, 2.45) is 0 Å². The molecule has 4 nitrogen and oxygen atoms in total. The molecule has 6 heteroatoms. The van der Waals surface area contributed by atoms with Crippen molar-refractivity contribution in [3.8, 4) is 5.69 Å². The molecule has 0 fully saturated rings.